The number of carbonyl (C=O) groups is 2. The van der Waals surface area contributed by atoms with Gasteiger partial charge in [-0.15, -0.1) is 11.3 Å². The first-order chi connectivity index (χ1) is 6.59. The topological polar surface area (TPSA) is 74.6 Å². The number of thiophene rings is 1. The Labute approximate surface area is 83.8 Å². The van der Waals surface area contributed by atoms with E-state index < -0.39 is 23.3 Å². The fraction of sp³-hybridized carbons (Fsp3) is 0.333. The minimum absolute atomic E-state index is 0.207. The predicted octanol–water partition coefficient (Wildman–Crippen LogP) is 1.18. The molecular weight excluding hydrogens is 204 g/mol. The third-order valence-corrected chi connectivity index (χ3v) is 3.65. The van der Waals surface area contributed by atoms with Gasteiger partial charge in [-0.05, 0) is 17.9 Å². The number of carboxylic acid groups (broad SMARTS) is 2. The van der Waals surface area contributed by atoms with Crippen LogP contribution in [0.25, 0.3) is 0 Å². The molecule has 1 aromatic heterocycles. The second-order valence-electron chi connectivity index (χ2n) is 3.35. The summed E-state index contributed by atoms with van der Waals surface area (Å²) in [5.41, 5.74) is -1.15. The molecule has 1 aliphatic rings. The van der Waals surface area contributed by atoms with E-state index in [1.54, 1.807) is 17.5 Å². The molecule has 0 amide bonds. The SMILES string of the molecule is O=C(O)C1CC1(C(=O)O)c1cccs1. The van der Waals surface area contributed by atoms with E-state index in [-0.39, 0.29) is 6.42 Å². The Balaban J connectivity index is 2.37. The lowest BCUT2D eigenvalue weighted by Crippen LogP contribution is -2.24. The molecule has 0 radical (unpaired) electrons. The minimum atomic E-state index is -1.15. The van der Waals surface area contributed by atoms with Crippen molar-refractivity contribution in [2.75, 3.05) is 0 Å². The summed E-state index contributed by atoms with van der Waals surface area (Å²) >= 11 is 1.30. The molecular formula is C9H8O4S. The van der Waals surface area contributed by atoms with Crippen LogP contribution in [0.2, 0.25) is 0 Å². The van der Waals surface area contributed by atoms with Gasteiger partial charge in [-0.25, -0.2) is 0 Å². The first-order valence-corrected chi connectivity index (χ1v) is 4.97. The number of carboxylic acids is 2. The van der Waals surface area contributed by atoms with Crippen molar-refractivity contribution in [2.45, 2.75) is 11.8 Å². The van der Waals surface area contributed by atoms with Gasteiger partial charge in [-0.1, -0.05) is 6.07 Å². The number of hydrogen-bond donors (Lipinski definition) is 2. The van der Waals surface area contributed by atoms with Gasteiger partial charge < -0.3 is 10.2 Å². The van der Waals surface area contributed by atoms with Gasteiger partial charge in [0.15, 0.2) is 0 Å². The van der Waals surface area contributed by atoms with Gasteiger partial charge in [-0.2, -0.15) is 0 Å². The molecule has 14 heavy (non-hydrogen) atoms. The van der Waals surface area contributed by atoms with Gasteiger partial charge in [0.25, 0.3) is 0 Å². The lowest BCUT2D eigenvalue weighted by molar-refractivity contribution is -0.145. The molecule has 0 aliphatic heterocycles. The third kappa shape index (κ3) is 1.05. The summed E-state index contributed by atoms with van der Waals surface area (Å²) in [6.45, 7) is 0. The van der Waals surface area contributed by atoms with Crippen molar-refractivity contribution in [3.8, 4) is 0 Å². The molecule has 0 saturated heterocycles. The fourth-order valence-corrected chi connectivity index (χ4v) is 2.69. The van der Waals surface area contributed by atoms with Crippen LogP contribution in [0.4, 0.5) is 0 Å². The summed E-state index contributed by atoms with van der Waals surface area (Å²) in [5.74, 6) is -2.83. The zero-order valence-corrected chi connectivity index (χ0v) is 7.95. The van der Waals surface area contributed by atoms with E-state index in [1.807, 2.05) is 0 Å². The molecule has 1 fully saturated rings. The fourth-order valence-electron chi connectivity index (χ4n) is 1.71. The molecule has 0 spiro atoms. The summed E-state index contributed by atoms with van der Waals surface area (Å²) in [7, 11) is 0. The van der Waals surface area contributed by atoms with Crippen LogP contribution in [0.5, 0.6) is 0 Å². The molecule has 74 valence electrons. The van der Waals surface area contributed by atoms with Crippen molar-refractivity contribution in [3.63, 3.8) is 0 Å². The second-order valence-corrected chi connectivity index (χ2v) is 4.30. The van der Waals surface area contributed by atoms with Crippen molar-refractivity contribution < 1.29 is 19.8 Å². The largest absolute Gasteiger partial charge is 0.481 e. The third-order valence-electron chi connectivity index (χ3n) is 2.60. The Hall–Kier alpha value is -1.36. The molecule has 2 atom stereocenters. The molecule has 1 aromatic rings. The molecule has 2 N–H and O–H groups in total. The van der Waals surface area contributed by atoms with Crippen LogP contribution >= 0.6 is 11.3 Å². The Kier molecular flexibility index (Phi) is 1.85. The van der Waals surface area contributed by atoms with E-state index in [9.17, 15) is 9.59 Å². The zero-order valence-electron chi connectivity index (χ0n) is 7.14. The molecule has 1 heterocycles. The van der Waals surface area contributed by atoms with Crippen LogP contribution in [0.3, 0.4) is 0 Å². The molecule has 1 aliphatic carbocycles. The van der Waals surface area contributed by atoms with Crippen LogP contribution in [-0.4, -0.2) is 22.2 Å². The maximum Gasteiger partial charge on any atom is 0.315 e. The van der Waals surface area contributed by atoms with Crippen LogP contribution in [0, 0.1) is 5.92 Å². The second kappa shape index (κ2) is 2.81. The summed E-state index contributed by atoms with van der Waals surface area (Å²) in [5, 5.41) is 19.6. The van der Waals surface area contributed by atoms with Gasteiger partial charge >= 0.3 is 11.9 Å². The quantitative estimate of drug-likeness (QED) is 0.788. The molecule has 2 rings (SSSR count). The van der Waals surface area contributed by atoms with Crippen LogP contribution < -0.4 is 0 Å². The van der Waals surface area contributed by atoms with E-state index in [4.69, 9.17) is 10.2 Å². The van der Waals surface area contributed by atoms with E-state index >= 15 is 0 Å². The van der Waals surface area contributed by atoms with Crippen molar-refractivity contribution in [1.29, 1.82) is 0 Å². The highest BCUT2D eigenvalue weighted by Gasteiger charge is 2.66. The Bertz CT molecular complexity index is 384. The zero-order chi connectivity index (χ0) is 10.3. The number of rotatable bonds is 3. The average molecular weight is 212 g/mol. The normalized spacial score (nSPS) is 29.9. The summed E-state index contributed by atoms with van der Waals surface area (Å²) in [6, 6.07) is 3.42. The molecule has 0 bridgehead atoms. The van der Waals surface area contributed by atoms with Crippen LogP contribution in [-0.2, 0) is 15.0 Å². The average Bonchev–Trinajstić information content (AvgIpc) is 2.66. The van der Waals surface area contributed by atoms with Gasteiger partial charge in [0.2, 0.25) is 0 Å². The van der Waals surface area contributed by atoms with E-state index in [2.05, 4.69) is 0 Å². The molecule has 0 aromatic carbocycles. The highest BCUT2D eigenvalue weighted by Crippen LogP contribution is 2.55. The van der Waals surface area contributed by atoms with E-state index in [0.29, 0.717) is 4.88 Å². The Morgan fingerprint density at radius 1 is 1.50 bits per heavy atom. The molecule has 1 saturated carbocycles. The van der Waals surface area contributed by atoms with Gasteiger partial charge in [-0.3, -0.25) is 9.59 Å². The van der Waals surface area contributed by atoms with Gasteiger partial charge in [0.05, 0.1) is 5.92 Å². The predicted molar refractivity (Wildman–Crippen MR) is 49.4 cm³/mol. The first-order valence-electron chi connectivity index (χ1n) is 4.09. The van der Waals surface area contributed by atoms with E-state index in [0.717, 1.165) is 0 Å². The molecule has 4 nitrogen and oxygen atoms in total. The number of hydrogen-bond acceptors (Lipinski definition) is 3. The maximum atomic E-state index is 11.0. The van der Waals surface area contributed by atoms with Crippen molar-refractivity contribution in [3.05, 3.63) is 22.4 Å². The van der Waals surface area contributed by atoms with Crippen molar-refractivity contribution in [1.82, 2.24) is 0 Å². The molecule has 5 heteroatoms. The van der Waals surface area contributed by atoms with Crippen LogP contribution in [0.1, 0.15) is 11.3 Å². The lowest BCUT2D eigenvalue weighted by atomic mass is 10.0. The van der Waals surface area contributed by atoms with Crippen molar-refractivity contribution in [2.24, 2.45) is 5.92 Å². The first kappa shape index (κ1) is 9.21. The summed E-state index contributed by atoms with van der Waals surface area (Å²) in [4.78, 5) is 22.4. The monoisotopic (exact) mass is 212 g/mol. The van der Waals surface area contributed by atoms with Crippen molar-refractivity contribution >= 4 is 23.3 Å². The smallest absolute Gasteiger partial charge is 0.315 e. The standard InChI is InChI=1S/C9H8O4S/c10-7(11)5-4-9(5,8(12)13)6-2-1-3-14-6/h1-3,5H,4H2,(H,10,11)(H,12,13). The maximum absolute atomic E-state index is 11.0. The summed E-state index contributed by atoms with van der Waals surface area (Å²) in [6.07, 6.45) is 0.207. The molecule has 2 unspecified atom stereocenters. The van der Waals surface area contributed by atoms with E-state index in [1.165, 1.54) is 11.3 Å². The minimum Gasteiger partial charge on any atom is -0.481 e. The highest BCUT2D eigenvalue weighted by molar-refractivity contribution is 7.10. The lowest BCUT2D eigenvalue weighted by Gasteiger charge is -2.07. The van der Waals surface area contributed by atoms with Gasteiger partial charge in [0, 0.05) is 4.88 Å². The highest BCUT2D eigenvalue weighted by atomic mass is 32.1. The summed E-state index contributed by atoms with van der Waals surface area (Å²) < 4.78 is 0. The Morgan fingerprint density at radius 3 is 2.57 bits per heavy atom. The van der Waals surface area contributed by atoms with Crippen LogP contribution in [0.15, 0.2) is 17.5 Å². The van der Waals surface area contributed by atoms with Gasteiger partial charge in [0.1, 0.15) is 5.41 Å². The Morgan fingerprint density at radius 2 is 2.21 bits per heavy atom. The number of aliphatic carboxylic acids is 2.